The first kappa shape index (κ1) is 16.6. The average molecular weight is 321 g/mol. The fourth-order valence-electron chi connectivity index (χ4n) is 3.48. The highest BCUT2D eigenvalue weighted by molar-refractivity contribution is 5.31. The van der Waals surface area contributed by atoms with Crippen molar-refractivity contribution in [1.29, 1.82) is 0 Å². The monoisotopic (exact) mass is 321 g/mol. The summed E-state index contributed by atoms with van der Waals surface area (Å²) in [4.78, 5) is 2.38. The van der Waals surface area contributed by atoms with E-state index in [9.17, 15) is 5.11 Å². The van der Waals surface area contributed by atoms with Crippen LogP contribution in [-0.2, 0) is 4.74 Å². The summed E-state index contributed by atoms with van der Waals surface area (Å²) in [5, 5.41) is 9.69. The van der Waals surface area contributed by atoms with Crippen LogP contribution in [0, 0.1) is 11.3 Å². The van der Waals surface area contributed by atoms with E-state index in [1.54, 1.807) is 0 Å². The Labute approximate surface area is 138 Å². The number of aliphatic hydroxyl groups excluding tert-OH is 1. The van der Waals surface area contributed by atoms with Gasteiger partial charge in [0.15, 0.2) is 0 Å². The van der Waals surface area contributed by atoms with Crippen molar-refractivity contribution in [2.75, 3.05) is 52.7 Å². The fraction of sp³-hybridized carbons (Fsp3) is 0.667. The molecule has 0 amide bonds. The van der Waals surface area contributed by atoms with Crippen molar-refractivity contribution in [3.05, 3.63) is 24.3 Å². The number of benzene rings is 1. The Morgan fingerprint density at radius 2 is 1.91 bits per heavy atom. The van der Waals surface area contributed by atoms with E-state index in [1.807, 2.05) is 24.3 Å². The molecule has 2 fully saturated rings. The number of aliphatic hydroxyl groups is 1. The molecule has 2 heterocycles. The molecule has 23 heavy (non-hydrogen) atoms. The summed E-state index contributed by atoms with van der Waals surface area (Å²) >= 11 is 0. The summed E-state index contributed by atoms with van der Waals surface area (Å²) in [5.74, 6) is 2.22. The standard InChI is InChI=1S/C18H27NO4/c1-2-8-22-16-3-5-17(6-4-16)23-9-7-19-10-15-11-21-14-18(15,12-19)13-20/h3-6,15,20H,2,7-14H2,1H3/t15-,18-/m0/s1. The van der Waals surface area contributed by atoms with Gasteiger partial charge in [-0.15, -0.1) is 0 Å². The van der Waals surface area contributed by atoms with Gasteiger partial charge in [-0.05, 0) is 30.7 Å². The van der Waals surface area contributed by atoms with E-state index in [0.717, 1.165) is 50.8 Å². The van der Waals surface area contributed by atoms with Gasteiger partial charge in [-0.1, -0.05) is 6.92 Å². The Kier molecular flexibility index (Phi) is 5.41. The highest BCUT2D eigenvalue weighted by Crippen LogP contribution is 2.40. The maximum absolute atomic E-state index is 9.69. The number of likely N-dealkylation sites (tertiary alicyclic amines) is 1. The first-order valence-corrected chi connectivity index (χ1v) is 8.52. The van der Waals surface area contributed by atoms with E-state index in [2.05, 4.69) is 11.8 Å². The number of hydrogen-bond donors (Lipinski definition) is 1. The Hall–Kier alpha value is -1.30. The Morgan fingerprint density at radius 1 is 1.22 bits per heavy atom. The molecule has 2 aliphatic heterocycles. The molecule has 0 aromatic heterocycles. The molecule has 0 aliphatic carbocycles. The predicted molar refractivity (Wildman–Crippen MR) is 88.0 cm³/mol. The molecule has 0 bridgehead atoms. The van der Waals surface area contributed by atoms with Crippen LogP contribution in [-0.4, -0.2) is 62.7 Å². The van der Waals surface area contributed by atoms with Gasteiger partial charge in [0.25, 0.3) is 0 Å². The van der Waals surface area contributed by atoms with Crippen LogP contribution in [0.15, 0.2) is 24.3 Å². The van der Waals surface area contributed by atoms with Crippen LogP contribution in [0.4, 0.5) is 0 Å². The van der Waals surface area contributed by atoms with Crippen molar-refractivity contribution in [2.45, 2.75) is 13.3 Å². The van der Waals surface area contributed by atoms with Crippen molar-refractivity contribution >= 4 is 0 Å². The van der Waals surface area contributed by atoms with E-state index < -0.39 is 0 Å². The highest BCUT2D eigenvalue weighted by Gasteiger charge is 2.49. The van der Waals surface area contributed by atoms with E-state index in [0.29, 0.717) is 19.1 Å². The molecular weight excluding hydrogens is 294 g/mol. The molecule has 0 saturated carbocycles. The van der Waals surface area contributed by atoms with Crippen LogP contribution < -0.4 is 9.47 Å². The molecular formula is C18H27NO4. The maximum atomic E-state index is 9.69. The normalized spacial score (nSPS) is 27.1. The van der Waals surface area contributed by atoms with E-state index in [4.69, 9.17) is 14.2 Å². The third kappa shape index (κ3) is 3.79. The second-order valence-corrected chi connectivity index (χ2v) is 6.64. The first-order valence-electron chi connectivity index (χ1n) is 8.52. The molecule has 2 aliphatic rings. The van der Waals surface area contributed by atoms with Gasteiger partial charge >= 0.3 is 0 Å². The summed E-state index contributed by atoms with van der Waals surface area (Å²) in [6, 6.07) is 7.80. The van der Waals surface area contributed by atoms with Crippen LogP contribution in [0.25, 0.3) is 0 Å². The van der Waals surface area contributed by atoms with Crippen molar-refractivity contribution < 1.29 is 19.3 Å². The molecule has 5 nitrogen and oxygen atoms in total. The molecule has 1 N–H and O–H groups in total. The van der Waals surface area contributed by atoms with Gasteiger partial charge in [0.1, 0.15) is 18.1 Å². The van der Waals surface area contributed by atoms with Crippen LogP contribution in [0.5, 0.6) is 11.5 Å². The molecule has 0 unspecified atom stereocenters. The molecule has 0 radical (unpaired) electrons. The zero-order valence-corrected chi connectivity index (χ0v) is 13.9. The van der Waals surface area contributed by atoms with Crippen molar-refractivity contribution in [2.24, 2.45) is 11.3 Å². The average Bonchev–Trinajstić information content (AvgIpc) is 3.11. The largest absolute Gasteiger partial charge is 0.494 e. The van der Waals surface area contributed by atoms with Gasteiger partial charge in [-0.25, -0.2) is 0 Å². The number of nitrogens with zero attached hydrogens (tertiary/aromatic N) is 1. The minimum Gasteiger partial charge on any atom is -0.494 e. The van der Waals surface area contributed by atoms with Crippen LogP contribution >= 0.6 is 0 Å². The van der Waals surface area contributed by atoms with Crippen LogP contribution in [0.2, 0.25) is 0 Å². The smallest absolute Gasteiger partial charge is 0.119 e. The molecule has 3 rings (SSSR count). The minimum atomic E-state index is -0.0434. The molecule has 1 aromatic carbocycles. The SMILES string of the molecule is CCCOc1ccc(OCCN2C[C@H]3COC[C@@]3(CO)C2)cc1. The predicted octanol–water partition coefficient (Wildman–Crippen LogP) is 1.79. The minimum absolute atomic E-state index is 0.0434. The zero-order chi connectivity index (χ0) is 16.1. The second-order valence-electron chi connectivity index (χ2n) is 6.64. The molecule has 0 spiro atoms. The lowest BCUT2D eigenvalue weighted by Gasteiger charge is -2.24. The quantitative estimate of drug-likeness (QED) is 0.791. The second kappa shape index (κ2) is 7.51. The van der Waals surface area contributed by atoms with Crippen molar-refractivity contribution in [3.8, 4) is 11.5 Å². The number of ether oxygens (including phenoxy) is 3. The number of fused-ring (bicyclic) bond motifs is 1. The lowest BCUT2D eigenvalue weighted by molar-refractivity contribution is 0.0789. The van der Waals surface area contributed by atoms with Gasteiger partial charge in [-0.3, -0.25) is 4.90 Å². The van der Waals surface area contributed by atoms with Gasteiger partial charge in [0, 0.05) is 31.0 Å². The summed E-state index contributed by atoms with van der Waals surface area (Å²) in [6.45, 7) is 7.95. The Morgan fingerprint density at radius 3 is 2.52 bits per heavy atom. The molecule has 2 atom stereocenters. The van der Waals surface area contributed by atoms with Gasteiger partial charge in [0.2, 0.25) is 0 Å². The first-order chi connectivity index (χ1) is 11.3. The Balaban J connectivity index is 1.42. The van der Waals surface area contributed by atoms with Gasteiger partial charge in [-0.2, -0.15) is 0 Å². The number of hydrogen-bond acceptors (Lipinski definition) is 5. The topological polar surface area (TPSA) is 51.2 Å². The molecule has 128 valence electrons. The lowest BCUT2D eigenvalue weighted by Crippen LogP contribution is -2.35. The van der Waals surface area contributed by atoms with Gasteiger partial charge in [0.05, 0.1) is 26.4 Å². The van der Waals surface area contributed by atoms with Crippen LogP contribution in [0.3, 0.4) is 0 Å². The van der Waals surface area contributed by atoms with Crippen molar-refractivity contribution in [3.63, 3.8) is 0 Å². The maximum Gasteiger partial charge on any atom is 0.119 e. The van der Waals surface area contributed by atoms with Crippen LogP contribution in [0.1, 0.15) is 13.3 Å². The lowest BCUT2D eigenvalue weighted by atomic mass is 9.82. The molecule has 1 aromatic rings. The summed E-state index contributed by atoms with van der Waals surface area (Å²) in [7, 11) is 0. The summed E-state index contributed by atoms with van der Waals surface area (Å²) < 4.78 is 16.9. The Bertz CT molecular complexity index is 492. The third-order valence-electron chi connectivity index (χ3n) is 4.88. The fourth-order valence-corrected chi connectivity index (χ4v) is 3.48. The van der Waals surface area contributed by atoms with E-state index >= 15 is 0 Å². The van der Waals surface area contributed by atoms with E-state index in [-0.39, 0.29) is 12.0 Å². The van der Waals surface area contributed by atoms with Gasteiger partial charge < -0.3 is 19.3 Å². The summed E-state index contributed by atoms with van der Waals surface area (Å²) in [6.07, 6.45) is 1.01. The molecule has 2 saturated heterocycles. The van der Waals surface area contributed by atoms with Crippen molar-refractivity contribution in [1.82, 2.24) is 4.90 Å². The third-order valence-corrected chi connectivity index (χ3v) is 4.88. The van der Waals surface area contributed by atoms with E-state index in [1.165, 1.54) is 0 Å². The zero-order valence-electron chi connectivity index (χ0n) is 13.9. The summed E-state index contributed by atoms with van der Waals surface area (Å²) in [5.41, 5.74) is -0.0434. The number of rotatable bonds is 8. The highest BCUT2D eigenvalue weighted by atomic mass is 16.5. The molecule has 5 heteroatoms.